The van der Waals surface area contributed by atoms with Gasteiger partial charge in [-0.25, -0.2) is 0 Å². The molecule has 0 unspecified atom stereocenters. The van der Waals surface area contributed by atoms with E-state index < -0.39 is 5.37 Å². The summed E-state index contributed by atoms with van der Waals surface area (Å²) in [5.41, 5.74) is 0.708. The number of benzene rings is 1. The van der Waals surface area contributed by atoms with E-state index in [4.69, 9.17) is 16.3 Å². The fraction of sp³-hybridized carbons (Fsp3) is 0.222. The first kappa shape index (κ1) is 9.86. The molecule has 0 saturated carbocycles. The van der Waals surface area contributed by atoms with Crippen molar-refractivity contribution in [2.45, 2.75) is 0 Å². The number of hydrogen-bond donors (Lipinski definition) is 0. The highest BCUT2D eigenvalue weighted by molar-refractivity contribution is 6.66. The molecule has 1 aromatic rings. The quantitative estimate of drug-likeness (QED) is 0.541. The summed E-state index contributed by atoms with van der Waals surface area (Å²) < 4.78 is 5.00. The van der Waals surface area contributed by atoms with Crippen LogP contribution < -0.4 is 9.64 Å². The van der Waals surface area contributed by atoms with Gasteiger partial charge in [-0.1, -0.05) is 6.07 Å². The van der Waals surface area contributed by atoms with Crippen LogP contribution in [-0.4, -0.2) is 19.5 Å². The van der Waals surface area contributed by atoms with Crippen molar-refractivity contribution in [1.82, 2.24) is 0 Å². The highest BCUT2D eigenvalue weighted by Gasteiger charge is 2.07. The minimum atomic E-state index is -0.520. The van der Waals surface area contributed by atoms with Crippen LogP contribution in [0.15, 0.2) is 24.3 Å². The van der Waals surface area contributed by atoms with Crippen LogP contribution >= 0.6 is 11.6 Å². The molecule has 70 valence electrons. The zero-order valence-corrected chi connectivity index (χ0v) is 8.21. The average Bonchev–Trinajstić information content (AvgIpc) is 2.16. The SMILES string of the molecule is COc1cccc(N(C)C(=O)Cl)c1. The lowest BCUT2D eigenvalue weighted by Crippen LogP contribution is -2.19. The van der Waals surface area contributed by atoms with E-state index in [1.807, 2.05) is 0 Å². The van der Waals surface area contributed by atoms with Crippen LogP contribution in [0.25, 0.3) is 0 Å². The van der Waals surface area contributed by atoms with Gasteiger partial charge < -0.3 is 9.64 Å². The van der Waals surface area contributed by atoms with E-state index in [2.05, 4.69) is 0 Å². The average molecular weight is 200 g/mol. The fourth-order valence-electron chi connectivity index (χ4n) is 0.921. The van der Waals surface area contributed by atoms with Crippen molar-refractivity contribution in [2.24, 2.45) is 0 Å². The van der Waals surface area contributed by atoms with Crippen molar-refractivity contribution in [1.29, 1.82) is 0 Å². The Morgan fingerprint density at radius 2 is 2.23 bits per heavy atom. The van der Waals surface area contributed by atoms with Gasteiger partial charge in [-0.05, 0) is 23.7 Å². The van der Waals surface area contributed by atoms with Crippen LogP contribution in [0.2, 0.25) is 0 Å². The van der Waals surface area contributed by atoms with E-state index in [0.29, 0.717) is 11.4 Å². The van der Waals surface area contributed by atoms with E-state index in [0.717, 1.165) is 0 Å². The normalized spacial score (nSPS) is 9.46. The van der Waals surface area contributed by atoms with E-state index in [1.165, 1.54) is 4.90 Å². The number of carbonyl (C=O) groups excluding carboxylic acids is 1. The maximum atomic E-state index is 10.8. The molecule has 1 amide bonds. The summed E-state index contributed by atoms with van der Waals surface area (Å²) in [7, 11) is 3.17. The number of carbonyl (C=O) groups is 1. The number of methoxy groups -OCH3 is 1. The lowest BCUT2D eigenvalue weighted by atomic mass is 10.3. The monoisotopic (exact) mass is 199 g/mol. The Balaban J connectivity index is 2.94. The largest absolute Gasteiger partial charge is 0.497 e. The van der Waals surface area contributed by atoms with Gasteiger partial charge in [0, 0.05) is 18.8 Å². The molecule has 1 rings (SSSR count). The molecule has 0 radical (unpaired) electrons. The van der Waals surface area contributed by atoms with Crippen molar-refractivity contribution in [3.63, 3.8) is 0 Å². The highest BCUT2D eigenvalue weighted by Crippen LogP contribution is 2.20. The minimum Gasteiger partial charge on any atom is -0.497 e. The first-order valence-corrected chi connectivity index (χ1v) is 4.10. The minimum absolute atomic E-state index is 0.520. The third-order valence-electron chi connectivity index (χ3n) is 1.70. The Bertz CT molecular complexity index is 314. The second-order valence-corrected chi connectivity index (χ2v) is 2.84. The summed E-state index contributed by atoms with van der Waals surface area (Å²) in [6.07, 6.45) is 0. The van der Waals surface area contributed by atoms with Gasteiger partial charge in [0.2, 0.25) is 0 Å². The van der Waals surface area contributed by atoms with Crippen molar-refractivity contribution >= 4 is 22.7 Å². The smallest absolute Gasteiger partial charge is 0.320 e. The Kier molecular flexibility index (Phi) is 3.14. The molecule has 0 aliphatic carbocycles. The molecular weight excluding hydrogens is 190 g/mol. The van der Waals surface area contributed by atoms with Crippen LogP contribution in [0.3, 0.4) is 0 Å². The number of nitrogens with zero attached hydrogens (tertiary/aromatic N) is 1. The molecule has 0 aromatic heterocycles. The third kappa shape index (κ3) is 2.36. The zero-order chi connectivity index (χ0) is 9.84. The van der Waals surface area contributed by atoms with E-state index >= 15 is 0 Å². The predicted octanol–water partition coefficient (Wildman–Crippen LogP) is 2.49. The highest BCUT2D eigenvalue weighted by atomic mass is 35.5. The Hall–Kier alpha value is -1.22. The second-order valence-electron chi connectivity index (χ2n) is 2.51. The molecular formula is C9H10ClNO2. The summed E-state index contributed by atoms with van der Waals surface area (Å²) in [6.45, 7) is 0. The van der Waals surface area contributed by atoms with E-state index in [-0.39, 0.29) is 0 Å². The van der Waals surface area contributed by atoms with Gasteiger partial charge in [0.25, 0.3) is 0 Å². The van der Waals surface area contributed by atoms with E-state index in [1.54, 1.807) is 38.4 Å². The first-order valence-electron chi connectivity index (χ1n) is 3.72. The number of halogens is 1. The number of amides is 1. The molecule has 1 aromatic carbocycles. The summed E-state index contributed by atoms with van der Waals surface area (Å²) in [5.74, 6) is 0.697. The molecule has 0 saturated heterocycles. The van der Waals surface area contributed by atoms with E-state index in [9.17, 15) is 4.79 Å². The lowest BCUT2D eigenvalue weighted by molar-refractivity contribution is 0.265. The fourth-order valence-corrected chi connectivity index (χ4v) is 1.02. The zero-order valence-electron chi connectivity index (χ0n) is 7.45. The first-order chi connectivity index (χ1) is 6.15. The van der Waals surface area contributed by atoms with Crippen LogP contribution in [0.4, 0.5) is 10.5 Å². The van der Waals surface area contributed by atoms with Crippen LogP contribution in [-0.2, 0) is 0 Å². The van der Waals surface area contributed by atoms with Gasteiger partial charge in [-0.15, -0.1) is 0 Å². The molecule has 0 spiro atoms. The maximum Gasteiger partial charge on any atom is 0.320 e. The van der Waals surface area contributed by atoms with Gasteiger partial charge in [-0.3, -0.25) is 4.79 Å². The Morgan fingerprint density at radius 3 is 2.77 bits per heavy atom. The number of anilines is 1. The van der Waals surface area contributed by atoms with Crippen LogP contribution in [0.1, 0.15) is 0 Å². The van der Waals surface area contributed by atoms with Gasteiger partial charge in [0.15, 0.2) is 0 Å². The second kappa shape index (κ2) is 4.14. The van der Waals surface area contributed by atoms with Gasteiger partial charge >= 0.3 is 5.37 Å². The standard InChI is InChI=1S/C9H10ClNO2/c1-11(9(10)12)7-4-3-5-8(6-7)13-2/h3-6H,1-2H3. The van der Waals surface area contributed by atoms with Gasteiger partial charge in [0.1, 0.15) is 5.75 Å². The molecule has 0 aliphatic heterocycles. The Labute approximate surface area is 81.9 Å². The molecule has 0 heterocycles. The number of rotatable bonds is 2. The molecule has 0 fully saturated rings. The summed E-state index contributed by atoms with van der Waals surface area (Å²) in [6, 6.07) is 7.11. The van der Waals surface area contributed by atoms with Crippen molar-refractivity contribution < 1.29 is 9.53 Å². The molecule has 0 aliphatic rings. The molecule has 13 heavy (non-hydrogen) atoms. The summed E-state index contributed by atoms with van der Waals surface area (Å²) in [4.78, 5) is 12.1. The van der Waals surface area contributed by atoms with Crippen LogP contribution in [0.5, 0.6) is 5.75 Å². The number of ether oxygens (including phenoxy) is 1. The summed E-state index contributed by atoms with van der Waals surface area (Å²) in [5, 5.41) is -0.520. The Morgan fingerprint density at radius 1 is 1.54 bits per heavy atom. The van der Waals surface area contributed by atoms with Gasteiger partial charge in [0.05, 0.1) is 7.11 Å². The topological polar surface area (TPSA) is 29.5 Å². The molecule has 3 nitrogen and oxygen atoms in total. The molecule has 0 bridgehead atoms. The van der Waals surface area contributed by atoms with Crippen molar-refractivity contribution in [2.75, 3.05) is 19.1 Å². The summed E-state index contributed by atoms with van der Waals surface area (Å²) >= 11 is 5.30. The molecule has 0 atom stereocenters. The third-order valence-corrected chi connectivity index (χ3v) is 1.96. The molecule has 0 N–H and O–H groups in total. The van der Waals surface area contributed by atoms with Gasteiger partial charge in [-0.2, -0.15) is 0 Å². The lowest BCUT2D eigenvalue weighted by Gasteiger charge is -2.13. The maximum absolute atomic E-state index is 10.8. The van der Waals surface area contributed by atoms with Crippen molar-refractivity contribution in [3.8, 4) is 5.75 Å². The number of hydrogen-bond acceptors (Lipinski definition) is 2. The molecule has 4 heteroatoms. The van der Waals surface area contributed by atoms with Crippen LogP contribution in [0, 0.1) is 0 Å². The predicted molar refractivity (Wildman–Crippen MR) is 52.6 cm³/mol. The van der Waals surface area contributed by atoms with Crippen molar-refractivity contribution in [3.05, 3.63) is 24.3 Å².